The number of aryl methyl sites for hydroxylation is 2. The second-order valence-corrected chi connectivity index (χ2v) is 9.32. The van der Waals surface area contributed by atoms with Crippen molar-refractivity contribution in [2.75, 3.05) is 39.3 Å². The molecule has 0 bridgehead atoms. The van der Waals surface area contributed by atoms with E-state index in [1.165, 1.54) is 0 Å². The van der Waals surface area contributed by atoms with Gasteiger partial charge in [0.1, 0.15) is 11.3 Å². The summed E-state index contributed by atoms with van der Waals surface area (Å²) in [5.74, 6) is 0.753. The molecule has 1 unspecified atom stereocenters. The van der Waals surface area contributed by atoms with Crippen molar-refractivity contribution in [2.24, 2.45) is 0 Å². The van der Waals surface area contributed by atoms with Gasteiger partial charge in [-0.3, -0.25) is 19.4 Å². The lowest BCUT2D eigenvalue weighted by atomic mass is 9.80. The maximum Gasteiger partial charge on any atom is 0.320 e. The van der Waals surface area contributed by atoms with E-state index in [1.54, 1.807) is 0 Å². The van der Waals surface area contributed by atoms with Crippen LogP contribution >= 0.6 is 0 Å². The molecule has 0 spiro atoms. The first-order chi connectivity index (χ1) is 16.9. The van der Waals surface area contributed by atoms with E-state index in [9.17, 15) is 9.59 Å². The molecule has 0 amide bonds. The number of piperazine rings is 1. The minimum atomic E-state index is -0.860. The standard InChI is InChI=1S/C28H31N3O4/c1-4-34-26(33)18-30-12-14-31(15-13-30)28(23-8-6-5-7-9-23)24-16-22(11-10-21(24)17-25(28)32)27-19(2)29-35-20(27)3/h5-11,16H,4,12-15,17-18H2,1-3H3. The maximum absolute atomic E-state index is 14.0. The Morgan fingerprint density at radius 3 is 2.49 bits per heavy atom. The molecule has 2 aliphatic rings. The molecule has 5 rings (SSSR count). The molecule has 0 saturated carbocycles. The Morgan fingerprint density at radius 1 is 1.09 bits per heavy atom. The molecule has 182 valence electrons. The molecule has 0 N–H and O–H groups in total. The number of hydrogen-bond acceptors (Lipinski definition) is 7. The second-order valence-electron chi connectivity index (χ2n) is 9.32. The van der Waals surface area contributed by atoms with Gasteiger partial charge in [0.25, 0.3) is 0 Å². The number of hydrogen-bond donors (Lipinski definition) is 0. The molecule has 1 aromatic heterocycles. The molecule has 1 aliphatic carbocycles. The number of Topliss-reactive ketones (excluding diaryl/α,β-unsaturated/α-hetero) is 1. The van der Waals surface area contributed by atoms with E-state index in [4.69, 9.17) is 9.26 Å². The zero-order valence-electron chi connectivity index (χ0n) is 20.5. The molecule has 7 heteroatoms. The minimum Gasteiger partial charge on any atom is -0.465 e. The van der Waals surface area contributed by atoms with Gasteiger partial charge in [0, 0.05) is 38.2 Å². The van der Waals surface area contributed by atoms with Crippen LogP contribution in [0.2, 0.25) is 0 Å². The van der Waals surface area contributed by atoms with Crippen LogP contribution in [0.25, 0.3) is 11.1 Å². The van der Waals surface area contributed by atoms with E-state index in [1.807, 2.05) is 39.0 Å². The zero-order valence-corrected chi connectivity index (χ0v) is 20.5. The molecular weight excluding hydrogens is 442 g/mol. The fourth-order valence-corrected chi connectivity index (χ4v) is 5.72. The van der Waals surface area contributed by atoms with Crippen LogP contribution in [-0.4, -0.2) is 66.0 Å². The summed E-state index contributed by atoms with van der Waals surface area (Å²) in [6.45, 7) is 9.08. The third-order valence-corrected chi connectivity index (χ3v) is 7.27. The molecule has 7 nitrogen and oxygen atoms in total. The lowest BCUT2D eigenvalue weighted by Gasteiger charge is -2.45. The van der Waals surface area contributed by atoms with Crippen LogP contribution in [0.3, 0.4) is 0 Å². The van der Waals surface area contributed by atoms with Gasteiger partial charge in [0.15, 0.2) is 5.78 Å². The molecular formula is C28H31N3O4. The van der Waals surface area contributed by atoms with Crippen LogP contribution in [-0.2, 0) is 26.3 Å². The van der Waals surface area contributed by atoms with Crippen LogP contribution in [0, 0.1) is 13.8 Å². The fourth-order valence-electron chi connectivity index (χ4n) is 5.72. The molecule has 1 aliphatic heterocycles. The molecule has 0 radical (unpaired) electrons. The second kappa shape index (κ2) is 9.40. The zero-order chi connectivity index (χ0) is 24.6. The Labute approximate surface area is 205 Å². The molecule has 1 atom stereocenters. The normalized spacial score (nSPS) is 20.7. The Balaban J connectivity index is 1.56. The number of benzene rings is 2. The van der Waals surface area contributed by atoms with Gasteiger partial charge in [0.05, 0.1) is 18.8 Å². The Morgan fingerprint density at radius 2 is 1.83 bits per heavy atom. The van der Waals surface area contributed by atoms with Crippen molar-refractivity contribution in [2.45, 2.75) is 32.7 Å². The Kier molecular flexibility index (Phi) is 6.30. The van der Waals surface area contributed by atoms with Gasteiger partial charge >= 0.3 is 5.97 Å². The molecule has 35 heavy (non-hydrogen) atoms. The van der Waals surface area contributed by atoms with Crippen LogP contribution in [0.5, 0.6) is 0 Å². The van der Waals surface area contributed by atoms with Crippen molar-refractivity contribution in [1.82, 2.24) is 15.0 Å². The summed E-state index contributed by atoms with van der Waals surface area (Å²) in [4.78, 5) is 30.4. The predicted octanol–water partition coefficient (Wildman–Crippen LogP) is 3.51. The first-order valence-electron chi connectivity index (χ1n) is 12.2. The molecule has 2 heterocycles. The number of esters is 1. The van der Waals surface area contributed by atoms with E-state index in [-0.39, 0.29) is 18.3 Å². The number of rotatable bonds is 6. The fraction of sp³-hybridized carbons (Fsp3) is 0.393. The van der Waals surface area contributed by atoms with Crippen molar-refractivity contribution in [1.29, 1.82) is 0 Å². The summed E-state index contributed by atoms with van der Waals surface area (Å²) < 4.78 is 10.6. The Hall–Kier alpha value is -3.29. The highest BCUT2D eigenvalue weighted by atomic mass is 16.5. The first kappa shape index (κ1) is 23.5. The van der Waals surface area contributed by atoms with E-state index < -0.39 is 5.54 Å². The van der Waals surface area contributed by atoms with Crippen molar-refractivity contribution < 1.29 is 18.8 Å². The van der Waals surface area contributed by atoms with Gasteiger partial charge in [-0.2, -0.15) is 0 Å². The van der Waals surface area contributed by atoms with Crippen LogP contribution in [0.15, 0.2) is 53.1 Å². The molecule has 3 aromatic rings. The summed E-state index contributed by atoms with van der Waals surface area (Å²) in [7, 11) is 0. The van der Waals surface area contributed by atoms with Crippen LogP contribution in [0.1, 0.15) is 35.1 Å². The number of aromatic nitrogens is 1. The van der Waals surface area contributed by atoms with Gasteiger partial charge in [-0.15, -0.1) is 0 Å². The van der Waals surface area contributed by atoms with Crippen molar-refractivity contribution in [3.05, 3.63) is 76.7 Å². The number of nitrogens with zero attached hydrogens (tertiary/aromatic N) is 3. The summed E-state index contributed by atoms with van der Waals surface area (Å²) in [6.07, 6.45) is 0.398. The number of ketones is 1. The average molecular weight is 474 g/mol. The van der Waals surface area contributed by atoms with Crippen molar-refractivity contribution in [3.63, 3.8) is 0 Å². The van der Waals surface area contributed by atoms with Crippen LogP contribution < -0.4 is 0 Å². The molecule has 1 fully saturated rings. The highest BCUT2D eigenvalue weighted by molar-refractivity contribution is 6.00. The topological polar surface area (TPSA) is 75.9 Å². The summed E-state index contributed by atoms with van der Waals surface area (Å²) >= 11 is 0. The predicted molar refractivity (Wildman–Crippen MR) is 132 cm³/mol. The number of carbonyl (C=O) groups excluding carboxylic acids is 2. The van der Waals surface area contributed by atoms with E-state index in [2.05, 4.69) is 45.3 Å². The largest absolute Gasteiger partial charge is 0.465 e. The monoisotopic (exact) mass is 473 g/mol. The van der Waals surface area contributed by atoms with E-state index in [0.29, 0.717) is 39.2 Å². The van der Waals surface area contributed by atoms with Gasteiger partial charge < -0.3 is 9.26 Å². The quantitative estimate of drug-likeness (QED) is 0.507. The van der Waals surface area contributed by atoms with Gasteiger partial charge in [-0.05, 0) is 49.1 Å². The maximum atomic E-state index is 14.0. The van der Waals surface area contributed by atoms with E-state index in [0.717, 1.165) is 39.3 Å². The highest BCUT2D eigenvalue weighted by Crippen LogP contribution is 2.46. The third-order valence-electron chi connectivity index (χ3n) is 7.27. The Bertz CT molecular complexity index is 1220. The van der Waals surface area contributed by atoms with Gasteiger partial charge in [0.2, 0.25) is 0 Å². The minimum absolute atomic E-state index is 0.188. The van der Waals surface area contributed by atoms with Crippen LogP contribution in [0.4, 0.5) is 0 Å². The van der Waals surface area contributed by atoms with Crippen molar-refractivity contribution >= 4 is 11.8 Å². The number of carbonyl (C=O) groups is 2. The van der Waals surface area contributed by atoms with E-state index >= 15 is 0 Å². The number of fused-ring (bicyclic) bond motifs is 1. The smallest absolute Gasteiger partial charge is 0.320 e. The average Bonchev–Trinajstić information content (AvgIpc) is 3.35. The van der Waals surface area contributed by atoms with Gasteiger partial charge in [-0.1, -0.05) is 47.6 Å². The lowest BCUT2D eigenvalue weighted by Crippen LogP contribution is -2.58. The summed E-state index contributed by atoms with van der Waals surface area (Å²) in [5, 5.41) is 4.13. The molecule has 1 saturated heterocycles. The SMILES string of the molecule is CCOC(=O)CN1CCN(C2(c3ccccc3)C(=O)Cc3ccc(-c4c(C)noc4C)cc32)CC1. The lowest BCUT2D eigenvalue weighted by molar-refractivity contribution is -0.145. The third kappa shape index (κ3) is 3.98. The first-order valence-corrected chi connectivity index (χ1v) is 12.2. The van der Waals surface area contributed by atoms with Crippen molar-refractivity contribution in [3.8, 4) is 11.1 Å². The van der Waals surface area contributed by atoms with Gasteiger partial charge in [-0.25, -0.2) is 0 Å². The summed E-state index contributed by atoms with van der Waals surface area (Å²) in [5.41, 5.74) is 5.04. The highest BCUT2D eigenvalue weighted by Gasteiger charge is 2.52. The summed E-state index contributed by atoms with van der Waals surface area (Å²) in [6, 6.07) is 16.4. The molecule has 2 aromatic carbocycles. The number of ether oxygens (including phenoxy) is 1.